The molecule has 0 fully saturated rings. The molecule has 17 heavy (non-hydrogen) atoms. The Morgan fingerprint density at radius 3 is 3.00 bits per heavy atom. The lowest BCUT2D eigenvalue weighted by Crippen LogP contribution is -2.41. The van der Waals surface area contributed by atoms with E-state index in [0.717, 1.165) is 23.7 Å². The van der Waals surface area contributed by atoms with E-state index in [1.54, 1.807) is 0 Å². The van der Waals surface area contributed by atoms with Crippen LogP contribution in [0.1, 0.15) is 24.5 Å². The van der Waals surface area contributed by atoms with Crippen molar-refractivity contribution in [2.75, 3.05) is 0 Å². The van der Waals surface area contributed by atoms with Crippen LogP contribution in [0.2, 0.25) is 0 Å². The van der Waals surface area contributed by atoms with Crippen molar-refractivity contribution in [3.8, 4) is 0 Å². The summed E-state index contributed by atoms with van der Waals surface area (Å²) in [6.45, 7) is 2.06. The minimum absolute atomic E-state index is 0.0784. The molecule has 0 amide bonds. The topological polar surface area (TPSA) is 47.6 Å². The van der Waals surface area contributed by atoms with Crippen molar-refractivity contribution in [2.45, 2.75) is 37.8 Å². The molecule has 1 heterocycles. The lowest BCUT2D eigenvalue weighted by molar-refractivity contribution is 0.140. The Kier molecular flexibility index (Phi) is 2.43. The number of aryl methyl sites for hydroxylation is 1. The van der Waals surface area contributed by atoms with E-state index in [2.05, 4.69) is 46.0 Å². The third kappa shape index (κ3) is 1.75. The second-order valence-electron chi connectivity index (χ2n) is 4.90. The minimum atomic E-state index is -0.141. The van der Waals surface area contributed by atoms with Gasteiger partial charge in [-0.15, -0.1) is 0 Å². The van der Waals surface area contributed by atoms with Gasteiger partial charge in [-0.05, 0) is 43.0 Å². The predicted octanol–water partition coefficient (Wildman–Crippen LogP) is 2.41. The van der Waals surface area contributed by atoms with Crippen LogP contribution in [0.15, 0.2) is 27.7 Å². The van der Waals surface area contributed by atoms with Gasteiger partial charge in [-0.2, -0.15) is 0 Å². The molecule has 0 bridgehead atoms. The summed E-state index contributed by atoms with van der Waals surface area (Å²) >= 11 is 3.52. The summed E-state index contributed by atoms with van der Waals surface area (Å²) in [6, 6.07) is 6.83. The van der Waals surface area contributed by atoms with E-state index in [1.165, 1.54) is 11.1 Å². The number of nitrogens with zero attached hydrogens (tertiary/aromatic N) is 1. The number of hydrogen-bond acceptors (Lipinski definition) is 3. The van der Waals surface area contributed by atoms with Crippen molar-refractivity contribution in [2.24, 2.45) is 10.7 Å². The maximum atomic E-state index is 5.70. The van der Waals surface area contributed by atoms with Crippen LogP contribution < -0.4 is 5.73 Å². The van der Waals surface area contributed by atoms with Gasteiger partial charge in [0.15, 0.2) is 0 Å². The van der Waals surface area contributed by atoms with Crippen molar-refractivity contribution in [1.82, 2.24) is 0 Å². The van der Waals surface area contributed by atoms with Crippen LogP contribution in [0.25, 0.3) is 0 Å². The molecule has 1 aromatic carbocycles. The number of benzene rings is 1. The summed E-state index contributed by atoms with van der Waals surface area (Å²) in [5.74, 6) is 0. The first-order chi connectivity index (χ1) is 8.09. The number of fused-ring (bicyclic) bond motifs is 1. The van der Waals surface area contributed by atoms with E-state index >= 15 is 0 Å². The number of nitrogens with two attached hydrogens (primary N) is 1. The molecule has 3 nitrogen and oxygen atoms in total. The SMILES string of the molecule is C[C@H]1OC(N)=N[C@]12CCc1ccc(Br)cc1C2. The second kappa shape index (κ2) is 3.73. The molecule has 3 rings (SSSR count). The van der Waals surface area contributed by atoms with Crippen molar-refractivity contribution >= 4 is 22.0 Å². The number of aliphatic imine (C=N–C) groups is 1. The molecule has 2 N–H and O–H groups in total. The monoisotopic (exact) mass is 294 g/mol. The van der Waals surface area contributed by atoms with Gasteiger partial charge in [0.1, 0.15) is 11.6 Å². The molecular formula is C13H15BrN2O. The molecule has 0 saturated heterocycles. The van der Waals surface area contributed by atoms with Crippen LogP contribution in [0.5, 0.6) is 0 Å². The standard InChI is InChI=1S/C13H15BrN2O/c1-8-13(16-12(15)17-8)5-4-9-2-3-11(14)6-10(9)7-13/h2-3,6,8H,4-5,7H2,1H3,(H2,15,16)/t8-,13+/m1/s1. The number of hydrogen-bond donors (Lipinski definition) is 1. The van der Waals surface area contributed by atoms with Gasteiger partial charge in [0, 0.05) is 10.9 Å². The van der Waals surface area contributed by atoms with Gasteiger partial charge in [0.25, 0.3) is 6.02 Å². The van der Waals surface area contributed by atoms with Gasteiger partial charge in [-0.3, -0.25) is 0 Å². The lowest BCUT2D eigenvalue weighted by Gasteiger charge is -2.34. The van der Waals surface area contributed by atoms with Gasteiger partial charge in [-0.25, -0.2) is 4.99 Å². The number of halogens is 1. The predicted molar refractivity (Wildman–Crippen MR) is 71.1 cm³/mol. The number of amidine groups is 1. The van der Waals surface area contributed by atoms with Crippen LogP contribution in [0.4, 0.5) is 0 Å². The first-order valence-corrected chi connectivity index (χ1v) is 6.68. The summed E-state index contributed by atoms with van der Waals surface area (Å²) in [4.78, 5) is 4.55. The van der Waals surface area contributed by atoms with Gasteiger partial charge in [0.05, 0.1) is 0 Å². The highest BCUT2D eigenvalue weighted by Crippen LogP contribution is 2.39. The molecular weight excluding hydrogens is 280 g/mol. The van der Waals surface area contributed by atoms with Crippen molar-refractivity contribution < 1.29 is 4.74 Å². The van der Waals surface area contributed by atoms with E-state index in [-0.39, 0.29) is 11.6 Å². The van der Waals surface area contributed by atoms with Crippen LogP contribution in [-0.2, 0) is 17.6 Å². The van der Waals surface area contributed by atoms with Crippen LogP contribution in [0.3, 0.4) is 0 Å². The molecule has 1 aliphatic heterocycles. The van der Waals surface area contributed by atoms with E-state index < -0.39 is 0 Å². The van der Waals surface area contributed by atoms with Gasteiger partial charge in [0.2, 0.25) is 0 Å². The molecule has 1 aromatic rings. The highest BCUT2D eigenvalue weighted by atomic mass is 79.9. The van der Waals surface area contributed by atoms with Crippen LogP contribution in [-0.4, -0.2) is 17.7 Å². The molecule has 4 heteroatoms. The molecule has 1 spiro atoms. The van der Waals surface area contributed by atoms with E-state index in [4.69, 9.17) is 10.5 Å². The zero-order chi connectivity index (χ0) is 12.0. The summed E-state index contributed by atoms with van der Waals surface area (Å²) in [7, 11) is 0. The molecule has 0 unspecified atom stereocenters. The first kappa shape index (κ1) is 11.1. The van der Waals surface area contributed by atoms with Crippen LogP contribution >= 0.6 is 15.9 Å². The zero-order valence-electron chi connectivity index (χ0n) is 9.74. The minimum Gasteiger partial charge on any atom is -0.460 e. The first-order valence-electron chi connectivity index (χ1n) is 5.88. The summed E-state index contributed by atoms with van der Waals surface area (Å²) in [5.41, 5.74) is 8.34. The summed E-state index contributed by atoms with van der Waals surface area (Å²) in [5, 5.41) is 0. The second-order valence-corrected chi connectivity index (χ2v) is 5.82. The molecule has 0 radical (unpaired) electrons. The van der Waals surface area contributed by atoms with Crippen molar-refractivity contribution in [3.63, 3.8) is 0 Å². The average Bonchev–Trinajstić information content (AvgIpc) is 2.53. The fourth-order valence-electron chi connectivity index (χ4n) is 2.84. The fraction of sp³-hybridized carbons (Fsp3) is 0.462. The molecule has 2 atom stereocenters. The largest absolute Gasteiger partial charge is 0.460 e. The van der Waals surface area contributed by atoms with Gasteiger partial charge < -0.3 is 10.5 Å². The Balaban J connectivity index is 1.99. The third-order valence-corrected chi connectivity index (χ3v) is 4.37. The molecule has 90 valence electrons. The Bertz CT molecular complexity index is 500. The molecule has 0 aromatic heterocycles. The third-order valence-electron chi connectivity index (χ3n) is 3.88. The Hall–Kier alpha value is -1.03. The van der Waals surface area contributed by atoms with Gasteiger partial charge in [-0.1, -0.05) is 22.0 Å². The molecule has 1 aliphatic carbocycles. The van der Waals surface area contributed by atoms with Crippen LogP contribution in [0, 0.1) is 0 Å². The van der Waals surface area contributed by atoms with E-state index in [0.29, 0.717) is 6.02 Å². The van der Waals surface area contributed by atoms with Gasteiger partial charge >= 0.3 is 0 Å². The maximum absolute atomic E-state index is 5.70. The molecule has 2 aliphatic rings. The highest BCUT2D eigenvalue weighted by Gasteiger charge is 2.45. The summed E-state index contributed by atoms with van der Waals surface area (Å²) in [6.07, 6.45) is 3.06. The highest BCUT2D eigenvalue weighted by molar-refractivity contribution is 9.10. The molecule has 0 saturated carbocycles. The van der Waals surface area contributed by atoms with E-state index in [1.807, 2.05) is 0 Å². The smallest absolute Gasteiger partial charge is 0.282 e. The van der Waals surface area contributed by atoms with Crippen molar-refractivity contribution in [3.05, 3.63) is 33.8 Å². The Morgan fingerprint density at radius 1 is 1.47 bits per heavy atom. The maximum Gasteiger partial charge on any atom is 0.282 e. The Morgan fingerprint density at radius 2 is 2.29 bits per heavy atom. The summed E-state index contributed by atoms with van der Waals surface area (Å²) < 4.78 is 6.64. The Labute approximate surface area is 109 Å². The number of ether oxygens (including phenoxy) is 1. The normalized spacial score (nSPS) is 30.9. The zero-order valence-corrected chi connectivity index (χ0v) is 11.3. The van der Waals surface area contributed by atoms with E-state index in [9.17, 15) is 0 Å². The lowest BCUT2D eigenvalue weighted by atomic mass is 9.76. The quantitative estimate of drug-likeness (QED) is 0.799. The average molecular weight is 295 g/mol. The fourth-order valence-corrected chi connectivity index (χ4v) is 3.25. The number of rotatable bonds is 0. The van der Waals surface area contributed by atoms with Crippen molar-refractivity contribution in [1.29, 1.82) is 0 Å².